The van der Waals surface area contributed by atoms with Crippen LogP contribution < -0.4 is 25.0 Å². The van der Waals surface area contributed by atoms with Gasteiger partial charge in [0.25, 0.3) is 26.1 Å². The van der Waals surface area contributed by atoms with Gasteiger partial charge in [-0.15, -0.1) is 5.11 Å². The van der Waals surface area contributed by atoms with Gasteiger partial charge < -0.3 is 30.1 Å². The first-order valence-corrected chi connectivity index (χ1v) is 24.5. The van der Waals surface area contributed by atoms with E-state index in [0.29, 0.717) is 38.7 Å². The molecule has 8 aromatic rings. The largest absolute Gasteiger partial charge is 2.00 e. The summed E-state index contributed by atoms with van der Waals surface area (Å²) in [5.41, 5.74) is 1.25. The van der Waals surface area contributed by atoms with Crippen LogP contribution in [0.3, 0.4) is 0 Å². The first kappa shape index (κ1) is 55.9. The summed E-state index contributed by atoms with van der Waals surface area (Å²) in [7, 11) is -6.12. The Hall–Kier alpha value is -6.41. The molecule has 0 saturated carbocycles. The van der Waals surface area contributed by atoms with Gasteiger partial charge in [-0.3, -0.25) is 18.9 Å². The van der Waals surface area contributed by atoms with Crippen molar-refractivity contribution in [1.29, 1.82) is 0 Å². The third kappa shape index (κ3) is 12.5. The second-order valence-electron chi connectivity index (χ2n) is 15.3. The predicted molar refractivity (Wildman–Crippen MR) is 275 cm³/mol. The Labute approximate surface area is 468 Å². The number of anilines is 1. The number of carbonyl (C=O) groups excluding carboxylic acids is 1. The number of nitrogens with one attached hydrogen (secondary N) is 1. The molecule has 23 heteroatoms. The van der Waals surface area contributed by atoms with Gasteiger partial charge in [0.1, 0.15) is 32.7 Å². The third-order valence-electron chi connectivity index (χ3n) is 10.8. The number of phenolic OH excluding ortho intramolecular Hbond substituents is 1. The number of benzene rings is 8. The van der Waals surface area contributed by atoms with Gasteiger partial charge in [-0.2, -0.15) is 32.2 Å². The summed E-state index contributed by atoms with van der Waals surface area (Å²) in [4.78, 5) is 16.2. The average Bonchev–Trinajstić information content (AvgIpc) is 3.35. The van der Waals surface area contributed by atoms with Gasteiger partial charge in [-0.1, -0.05) is 102 Å². The fraction of sp³-hybridized carbons (Fsp3) is 0.0800. The number of fused-ring (bicyclic) bond motifs is 2. The summed E-state index contributed by atoms with van der Waals surface area (Å²) < 4.78 is 75.1. The van der Waals surface area contributed by atoms with Crippen LogP contribution in [0.1, 0.15) is 27.0 Å². The van der Waals surface area contributed by atoms with Gasteiger partial charge in [0.05, 0.1) is 52.6 Å². The van der Waals surface area contributed by atoms with Gasteiger partial charge in [0.15, 0.2) is 5.75 Å². The number of carbonyl (C=O) groups is 1. The van der Waals surface area contributed by atoms with E-state index in [4.69, 9.17) is 32.7 Å². The van der Waals surface area contributed by atoms with Crippen molar-refractivity contribution in [2.45, 2.75) is 23.6 Å². The number of amides is 1. The quantitative estimate of drug-likeness (QED) is 0.0292. The fourth-order valence-electron chi connectivity index (χ4n) is 7.11. The molecule has 0 saturated heterocycles. The molecule has 0 aliphatic carbocycles. The summed E-state index contributed by atoms with van der Waals surface area (Å²) in [6.07, 6.45) is 0. The van der Waals surface area contributed by atoms with E-state index < -0.39 is 53.3 Å². The van der Waals surface area contributed by atoms with Crippen molar-refractivity contribution in [3.05, 3.63) is 166 Å². The molecule has 0 radical (unpaired) electrons. The number of hydrogen-bond acceptors (Lipinski definition) is 15. The van der Waals surface area contributed by atoms with E-state index in [1.807, 2.05) is 0 Å². The Morgan fingerprint density at radius 3 is 1.59 bits per heavy atom. The summed E-state index contributed by atoms with van der Waals surface area (Å²) in [6, 6.07) is 35.1. The van der Waals surface area contributed by atoms with E-state index >= 15 is 0 Å². The molecule has 368 valence electrons. The van der Waals surface area contributed by atoms with Crippen LogP contribution in [0.25, 0.3) is 21.5 Å². The molecule has 8 aromatic carbocycles. The summed E-state index contributed by atoms with van der Waals surface area (Å²) in [5, 5.41) is 58.4. The Bertz CT molecular complexity index is 3790. The molecular weight excluding hydrogens is 1150 g/mol. The van der Waals surface area contributed by atoms with Crippen molar-refractivity contribution in [2.24, 2.45) is 25.4 Å². The normalized spacial score (nSPS) is 11.9. The Morgan fingerprint density at radius 2 is 1.05 bits per heavy atom. The molecule has 4 N–H and O–H groups in total. The maximum Gasteiger partial charge on any atom is 2.00 e. The number of rotatable bonds is 12. The SMILES string of the molecule is COc1ccccc1N=C([O-])c1cc2ccccc2c(N=Nc2ccc(S(=O)(=O)O)c(Cl)c2C)c1[O-].COc1ccccc1NC(=O)c1cc2ccccc2c(N=Nc2ccc(S(=O)(=O)O)c(Cl)c2C)c1O.[Ba+2]. The second kappa shape index (κ2) is 23.6. The molecule has 0 fully saturated rings. The number of halogens is 2. The smallest absolute Gasteiger partial charge is 0.871 e. The van der Waals surface area contributed by atoms with E-state index in [1.54, 1.807) is 97.1 Å². The topological polar surface area (TPSA) is 284 Å². The predicted octanol–water partition coefficient (Wildman–Crippen LogP) is 11.0. The first-order valence-electron chi connectivity index (χ1n) is 20.9. The minimum atomic E-state index is -4.53. The molecular formula is C50H38BaCl2N6O12S2. The number of aromatic hydroxyl groups is 1. The molecule has 1 amide bonds. The molecule has 8 rings (SSSR count). The van der Waals surface area contributed by atoms with E-state index in [1.165, 1.54) is 52.3 Å². The zero-order valence-electron chi connectivity index (χ0n) is 38.7. The van der Waals surface area contributed by atoms with Gasteiger partial charge in [-0.05, 0) is 108 Å². The van der Waals surface area contributed by atoms with Crippen LogP contribution >= 0.6 is 23.2 Å². The van der Waals surface area contributed by atoms with E-state index in [0.717, 1.165) is 12.1 Å². The maximum absolute atomic E-state index is 13.3. The van der Waals surface area contributed by atoms with Gasteiger partial charge in [0, 0.05) is 10.8 Å². The first-order chi connectivity index (χ1) is 34.2. The van der Waals surface area contributed by atoms with Crippen LogP contribution in [0.5, 0.6) is 23.0 Å². The fourth-order valence-corrected chi connectivity index (χ4v) is 9.26. The van der Waals surface area contributed by atoms with Crippen LogP contribution in [0.2, 0.25) is 10.0 Å². The van der Waals surface area contributed by atoms with Crippen molar-refractivity contribution in [1.82, 2.24) is 0 Å². The summed E-state index contributed by atoms with van der Waals surface area (Å²) >= 11 is 12.2. The zero-order chi connectivity index (χ0) is 52.1. The van der Waals surface area contributed by atoms with Gasteiger partial charge in [-0.25, -0.2) is 0 Å². The third-order valence-corrected chi connectivity index (χ3v) is 13.8. The molecule has 0 unspecified atom stereocenters. The number of aliphatic imine (C=N–C) groups is 1. The monoisotopic (exact) mass is 1190 g/mol. The molecule has 18 nitrogen and oxygen atoms in total. The number of phenols is 1. The van der Waals surface area contributed by atoms with Crippen molar-refractivity contribution in [2.75, 3.05) is 19.5 Å². The molecule has 0 bridgehead atoms. The summed E-state index contributed by atoms with van der Waals surface area (Å²) in [6.45, 7) is 3.01. The minimum Gasteiger partial charge on any atom is -0.871 e. The maximum atomic E-state index is 13.3. The van der Waals surface area contributed by atoms with Gasteiger partial charge >= 0.3 is 48.9 Å². The Morgan fingerprint density at radius 1 is 0.603 bits per heavy atom. The zero-order valence-corrected chi connectivity index (χ0v) is 46.3. The number of methoxy groups -OCH3 is 2. The van der Waals surface area contributed by atoms with Crippen molar-refractivity contribution < 1.29 is 55.5 Å². The van der Waals surface area contributed by atoms with Crippen LogP contribution in [0.15, 0.2) is 169 Å². The van der Waals surface area contributed by atoms with E-state index in [2.05, 4.69) is 30.8 Å². The minimum absolute atomic E-state index is 0. The average molecular weight is 1190 g/mol. The number of ether oxygens (including phenoxy) is 2. The van der Waals surface area contributed by atoms with Crippen LogP contribution in [-0.2, 0) is 20.2 Å². The molecule has 0 atom stereocenters. The van der Waals surface area contributed by atoms with Crippen molar-refractivity contribution in [3.8, 4) is 23.0 Å². The standard InChI is InChI=1S/2C25H20ClN3O6S.Ba/c2*1-14-18(11-12-21(22(14)26)36(32,33)34)28-29-23-16-8-4-3-7-15(16)13-17(24(23)30)25(31)27-19-9-5-6-10-20(19)35-2;/h2*3-13,30H,1-2H3,(H,27,31)(H,32,33,34);/q;;+2/p-2. The van der Waals surface area contributed by atoms with Crippen LogP contribution in [0, 0.1) is 13.8 Å². The summed E-state index contributed by atoms with van der Waals surface area (Å²) in [5.74, 6) is -1.62. The number of nitrogens with zero attached hydrogens (tertiary/aromatic N) is 5. The molecule has 0 aliphatic heterocycles. The molecule has 73 heavy (non-hydrogen) atoms. The van der Waals surface area contributed by atoms with Crippen LogP contribution in [0.4, 0.5) is 34.1 Å². The van der Waals surface area contributed by atoms with E-state index in [-0.39, 0.29) is 110 Å². The number of hydrogen-bond donors (Lipinski definition) is 4. The second-order valence-corrected chi connectivity index (χ2v) is 18.8. The molecule has 0 aromatic heterocycles. The van der Waals surface area contributed by atoms with Crippen molar-refractivity contribution >= 4 is 160 Å². The van der Waals surface area contributed by atoms with Gasteiger partial charge in [0.2, 0.25) is 0 Å². The molecule has 0 spiro atoms. The van der Waals surface area contributed by atoms with E-state index in [9.17, 15) is 46.1 Å². The van der Waals surface area contributed by atoms with Crippen LogP contribution in [-0.4, -0.2) is 106 Å². The Balaban J connectivity index is 0.000000235. The Kier molecular flexibility index (Phi) is 18.1. The van der Waals surface area contributed by atoms with Crippen molar-refractivity contribution in [3.63, 3.8) is 0 Å². The molecule has 0 heterocycles. The molecule has 0 aliphatic rings. The number of para-hydroxylation sites is 4. The number of azo groups is 2.